The number of carbonyl (C=O) groups is 1. The van der Waals surface area contributed by atoms with Crippen LogP contribution >= 0.6 is 0 Å². The van der Waals surface area contributed by atoms with Crippen LogP contribution in [0.2, 0.25) is 0 Å². The lowest BCUT2D eigenvalue weighted by molar-refractivity contribution is -0.118. The number of hydrogen-bond donors (Lipinski definition) is 2. The largest absolute Gasteiger partial charge is 0.356 e. The molecule has 3 N–H and O–H groups in total. The third-order valence-electron chi connectivity index (χ3n) is 4.68. The number of rotatable bonds is 5. The molecule has 1 amide bonds. The molecule has 0 bridgehead atoms. The zero-order chi connectivity index (χ0) is 19.1. The molecule has 1 heterocycles. The maximum absolute atomic E-state index is 12.8. The lowest BCUT2D eigenvalue weighted by Gasteiger charge is -2.12. The molecular weight excluding hydrogens is 366 g/mol. The summed E-state index contributed by atoms with van der Waals surface area (Å²) in [4.78, 5) is 12.8. The number of amides is 1. The SMILES string of the molecule is NS(=O)(=O)c1ccc(NC(=O)C2(c3cc(-c4ccccc4)on3)CC2)cc1. The number of carbonyl (C=O) groups excluding carboxylic acids is 1. The van der Waals surface area contributed by atoms with Crippen molar-refractivity contribution in [3.05, 3.63) is 66.4 Å². The van der Waals surface area contributed by atoms with Crippen molar-refractivity contribution in [3.63, 3.8) is 0 Å². The van der Waals surface area contributed by atoms with Crippen LogP contribution in [0.15, 0.2) is 70.1 Å². The summed E-state index contributed by atoms with van der Waals surface area (Å²) >= 11 is 0. The lowest BCUT2D eigenvalue weighted by Crippen LogP contribution is -2.28. The Morgan fingerprint density at radius 2 is 1.74 bits per heavy atom. The molecule has 2 aromatic carbocycles. The van der Waals surface area contributed by atoms with Gasteiger partial charge in [-0.25, -0.2) is 13.6 Å². The lowest BCUT2D eigenvalue weighted by atomic mass is 10.00. The molecule has 1 aliphatic carbocycles. The summed E-state index contributed by atoms with van der Waals surface area (Å²) < 4.78 is 28.0. The van der Waals surface area contributed by atoms with Crippen molar-refractivity contribution in [3.8, 4) is 11.3 Å². The van der Waals surface area contributed by atoms with Crippen LogP contribution in [0.3, 0.4) is 0 Å². The number of nitrogens with one attached hydrogen (secondary N) is 1. The third-order valence-corrected chi connectivity index (χ3v) is 5.61. The second-order valence-electron chi connectivity index (χ2n) is 6.55. The number of sulfonamides is 1. The molecule has 0 saturated heterocycles. The first-order chi connectivity index (χ1) is 12.9. The number of primary sulfonamides is 1. The van der Waals surface area contributed by atoms with E-state index >= 15 is 0 Å². The molecule has 1 aromatic heterocycles. The van der Waals surface area contributed by atoms with Gasteiger partial charge < -0.3 is 9.84 Å². The molecule has 0 radical (unpaired) electrons. The number of anilines is 1. The van der Waals surface area contributed by atoms with E-state index in [1.54, 1.807) is 6.07 Å². The quantitative estimate of drug-likeness (QED) is 0.703. The van der Waals surface area contributed by atoms with Gasteiger partial charge in [0.05, 0.1) is 16.0 Å². The molecule has 7 nitrogen and oxygen atoms in total. The van der Waals surface area contributed by atoms with Gasteiger partial charge in [0, 0.05) is 17.3 Å². The highest BCUT2D eigenvalue weighted by Gasteiger charge is 2.53. The van der Waals surface area contributed by atoms with Gasteiger partial charge in [-0.1, -0.05) is 35.5 Å². The van der Waals surface area contributed by atoms with Crippen LogP contribution in [-0.2, 0) is 20.2 Å². The van der Waals surface area contributed by atoms with E-state index in [4.69, 9.17) is 9.66 Å². The van der Waals surface area contributed by atoms with Crippen molar-refractivity contribution in [2.75, 3.05) is 5.32 Å². The smallest absolute Gasteiger partial charge is 0.238 e. The third kappa shape index (κ3) is 3.36. The van der Waals surface area contributed by atoms with Gasteiger partial charge in [-0.2, -0.15) is 0 Å². The normalized spacial score (nSPS) is 15.3. The second-order valence-corrected chi connectivity index (χ2v) is 8.11. The van der Waals surface area contributed by atoms with E-state index in [-0.39, 0.29) is 10.8 Å². The van der Waals surface area contributed by atoms with E-state index in [9.17, 15) is 13.2 Å². The Labute approximate surface area is 156 Å². The Kier molecular flexibility index (Phi) is 4.09. The molecule has 0 spiro atoms. The Hall–Kier alpha value is -2.97. The Morgan fingerprint density at radius 3 is 2.33 bits per heavy atom. The standard InChI is InChI=1S/C19H17N3O4S/c20-27(24,25)15-8-6-14(7-9-15)21-18(23)19(10-11-19)17-12-16(26-22-17)13-4-2-1-3-5-13/h1-9,12H,10-11H2,(H,21,23)(H2,20,24,25). The zero-order valence-corrected chi connectivity index (χ0v) is 15.1. The number of benzene rings is 2. The Bertz CT molecular complexity index is 1090. The molecule has 3 aromatic rings. The average molecular weight is 383 g/mol. The van der Waals surface area contributed by atoms with E-state index in [2.05, 4.69) is 10.5 Å². The maximum Gasteiger partial charge on any atom is 0.238 e. The first-order valence-corrected chi connectivity index (χ1v) is 9.90. The van der Waals surface area contributed by atoms with Gasteiger partial charge in [0.25, 0.3) is 0 Å². The van der Waals surface area contributed by atoms with Gasteiger partial charge in [-0.15, -0.1) is 0 Å². The van der Waals surface area contributed by atoms with Crippen LogP contribution in [0.5, 0.6) is 0 Å². The zero-order valence-electron chi connectivity index (χ0n) is 14.3. The number of nitrogens with two attached hydrogens (primary N) is 1. The van der Waals surface area contributed by atoms with Crippen molar-refractivity contribution in [2.24, 2.45) is 5.14 Å². The van der Waals surface area contributed by atoms with Gasteiger partial charge in [0.15, 0.2) is 5.76 Å². The van der Waals surface area contributed by atoms with E-state index in [0.29, 0.717) is 30.0 Å². The minimum atomic E-state index is -3.77. The highest BCUT2D eigenvalue weighted by Crippen LogP contribution is 2.49. The first kappa shape index (κ1) is 17.4. The first-order valence-electron chi connectivity index (χ1n) is 8.35. The molecule has 1 fully saturated rings. The molecule has 0 aliphatic heterocycles. The number of aromatic nitrogens is 1. The van der Waals surface area contributed by atoms with E-state index < -0.39 is 15.4 Å². The summed E-state index contributed by atoms with van der Waals surface area (Å²) in [6, 6.07) is 17.1. The van der Waals surface area contributed by atoms with Crippen LogP contribution < -0.4 is 10.5 Å². The topological polar surface area (TPSA) is 115 Å². The molecular formula is C19H17N3O4S. The van der Waals surface area contributed by atoms with E-state index in [0.717, 1.165) is 5.56 Å². The summed E-state index contributed by atoms with van der Waals surface area (Å²) in [7, 11) is -3.77. The molecule has 0 unspecified atom stereocenters. The monoisotopic (exact) mass is 383 g/mol. The fourth-order valence-electron chi connectivity index (χ4n) is 2.94. The van der Waals surface area contributed by atoms with Gasteiger partial charge in [-0.3, -0.25) is 4.79 Å². The number of nitrogens with zero attached hydrogens (tertiary/aromatic N) is 1. The second kappa shape index (κ2) is 6.33. The van der Waals surface area contributed by atoms with Gasteiger partial charge >= 0.3 is 0 Å². The fourth-order valence-corrected chi connectivity index (χ4v) is 3.46. The summed E-state index contributed by atoms with van der Waals surface area (Å²) in [5.74, 6) is 0.418. The Balaban J connectivity index is 1.53. The fraction of sp³-hybridized carbons (Fsp3) is 0.158. The van der Waals surface area contributed by atoms with Crippen LogP contribution in [0.1, 0.15) is 18.5 Å². The number of hydrogen-bond acceptors (Lipinski definition) is 5. The van der Waals surface area contributed by atoms with Crippen LogP contribution in [0.25, 0.3) is 11.3 Å². The van der Waals surface area contributed by atoms with Gasteiger partial charge in [-0.05, 0) is 37.1 Å². The molecule has 27 heavy (non-hydrogen) atoms. The molecule has 8 heteroatoms. The average Bonchev–Trinajstić information content (AvgIpc) is 3.32. The van der Waals surface area contributed by atoms with Crippen molar-refractivity contribution in [2.45, 2.75) is 23.2 Å². The van der Waals surface area contributed by atoms with Crippen LogP contribution in [-0.4, -0.2) is 19.5 Å². The highest BCUT2D eigenvalue weighted by atomic mass is 32.2. The van der Waals surface area contributed by atoms with Gasteiger partial charge in [0.1, 0.15) is 0 Å². The summed E-state index contributed by atoms with van der Waals surface area (Å²) in [6.07, 6.45) is 1.35. The van der Waals surface area contributed by atoms with Gasteiger partial charge in [0.2, 0.25) is 15.9 Å². The maximum atomic E-state index is 12.8. The Morgan fingerprint density at radius 1 is 1.07 bits per heavy atom. The molecule has 4 rings (SSSR count). The summed E-state index contributed by atoms with van der Waals surface area (Å²) in [6.45, 7) is 0. The van der Waals surface area contributed by atoms with Crippen LogP contribution in [0, 0.1) is 0 Å². The molecule has 1 saturated carbocycles. The highest BCUT2D eigenvalue weighted by molar-refractivity contribution is 7.89. The minimum Gasteiger partial charge on any atom is -0.356 e. The van der Waals surface area contributed by atoms with Crippen molar-refractivity contribution >= 4 is 21.6 Å². The minimum absolute atomic E-state index is 0.00867. The molecule has 138 valence electrons. The van der Waals surface area contributed by atoms with E-state index in [1.807, 2.05) is 30.3 Å². The summed E-state index contributed by atoms with van der Waals surface area (Å²) in [5, 5.41) is 12.0. The van der Waals surface area contributed by atoms with Crippen molar-refractivity contribution < 1.29 is 17.7 Å². The predicted octanol–water partition coefficient (Wildman–Crippen LogP) is 2.66. The van der Waals surface area contributed by atoms with Crippen LogP contribution in [0.4, 0.5) is 5.69 Å². The summed E-state index contributed by atoms with van der Waals surface area (Å²) in [5.41, 5.74) is 1.27. The van der Waals surface area contributed by atoms with E-state index in [1.165, 1.54) is 24.3 Å². The van der Waals surface area contributed by atoms with Crippen molar-refractivity contribution in [1.82, 2.24) is 5.16 Å². The van der Waals surface area contributed by atoms with Crippen molar-refractivity contribution in [1.29, 1.82) is 0 Å². The molecule has 0 atom stereocenters. The molecule has 1 aliphatic rings. The predicted molar refractivity (Wildman–Crippen MR) is 99.3 cm³/mol.